The van der Waals surface area contributed by atoms with Gasteiger partial charge in [0.2, 0.25) is 11.5 Å². The van der Waals surface area contributed by atoms with Gasteiger partial charge < -0.3 is 18.6 Å². The van der Waals surface area contributed by atoms with Crippen LogP contribution in [0.3, 0.4) is 0 Å². The monoisotopic (exact) mass is 674 g/mol. The van der Waals surface area contributed by atoms with Crippen molar-refractivity contribution in [3.63, 3.8) is 0 Å². The maximum Gasteiger partial charge on any atom is 0.379 e. The van der Waals surface area contributed by atoms with Crippen molar-refractivity contribution in [2.75, 3.05) is 23.8 Å². The summed E-state index contributed by atoms with van der Waals surface area (Å²) in [5, 5.41) is 0. The number of benzene rings is 4. The highest BCUT2D eigenvalue weighted by molar-refractivity contribution is 7.85. The molecular weight excluding hydrogens is 641 g/mol. The molecule has 0 amide bonds. The van der Waals surface area contributed by atoms with E-state index in [2.05, 4.69) is 10.6 Å². The van der Waals surface area contributed by atoms with Crippen LogP contribution in [0.1, 0.15) is 31.6 Å². The van der Waals surface area contributed by atoms with E-state index in [-0.39, 0.29) is 13.0 Å². The zero-order valence-corrected chi connectivity index (χ0v) is 27.1. The van der Waals surface area contributed by atoms with Crippen LogP contribution in [0.15, 0.2) is 107 Å². The predicted molar refractivity (Wildman–Crippen MR) is 179 cm³/mol. The van der Waals surface area contributed by atoms with Crippen molar-refractivity contribution < 1.29 is 39.6 Å². The average molecular weight is 675 g/mol. The lowest BCUT2D eigenvalue weighted by molar-refractivity contribution is -0.678. The first kappa shape index (κ1) is 32.6. The highest BCUT2D eigenvalue weighted by atomic mass is 32.2. The highest BCUT2D eigenvalue weighted by Crippen LogP contribution is 2.42. The van der Waals surface area contributed by atoms with Gasteiger partial charge in [-0.1, -0.05) is 72.8 Å². The molecule has 47 heavy (non-hydrogen) atoms. The zero-order valence-electron chi connectivity index (χ0n) is 25.5. The summed E-state index contributed by atoms with van der Waals surface area (Å²) < 4.78 is 73.4. The van der Waals surface area contributed by atoms with Crippen molar-refractivity contribution in [3.8, 4) is 28.0 Å². The van der Waals surface area contributed by atoms with E-state index in [9.17, 15) is 17.2 Å². The van der Waals surface area contributed by atoms with Crippen LogP contribution >= 0.6 is 0 Å². The van der Waals surface area contributed by atoms with Crippen molar-refractivity contribution in [1.29, 1.82) is 0 Å². The third kappa shape index (κ3) is 8.16. The van der Waals surface area contributed by atoms with E-state index in [0.717, 1.165) is 33.5 Å². The number of ether oxygens (including phenoxy) is 1. The van der Waals surface area contributed by atoms with E-state index in [0.29, 0.717) is 55.5 Å². The van der Waals surface area contributed by atoms with Gasteiger partial charge in [-0.15, -0.1) is 0 Å². The number of anilines is 1. The van der Waals surface area contributed by atoms with Crippen molar-refractivity contribution >= 4 is 44.3 Å². The topological polar surface area (TPSA) is 133 Å². The fourth-order valence-electron chi connectivity index (χ4n) is 5.66. The number of oxazole rings is 1. The average Bonchev–Trinajstić information content (AvgIpc) is 3.59. The minimum atomic E-state index is -4.32. The molecule has 1 atom stereocenters. The van der Waals surface area contributed by atoms with Crippen LogP contribution in [0.5, 0.6) is 5.75 Å². The molecule has 1 N–H and O–H groups in total. The van der Waals surface area contributed by atoms with Crippen molar-refractivity contribution in [2.45, 2.75) is 32.2 Å². The van der Waals surface area contributed by atoms with Gasteiger partial charge in [0.1, 0.15) is 6.08 Å². The first-order chi connectivity index (χ1) is 22.7. The van der Waals surface area contributed by atoms with Crippen LogP contribution < -0.4 is 14.2 Å². The number of unbranched alkanes of at least 4 members (excludes halogenated alkanes) is 2. The second-order valence-corrected chi connectivity index (χ2v) is 13.3. The molecule has 1 unspecified atom stereocenters. The van der Waals surface area contributed by atoms with Gasteiger partial charge in [0, 0.05) is 24.8 Å². The van der Waals surface area contributed by atoms with E-state index >= 15 is 0 Å². The molecule has 0 fully saturated rings. The maximum absolute atomic E-state index is 11.3. The Labute approximate surface area is 276 Å². The van der Waals surface area contributed by atoms with Gasteiger partial charge in [-0.05, 0) is 59.7 Å². The van der Waals surface area contributed by atoms with Gasteiger partial charge in [-0.2, -0.15) is 8.78 Å². The standard InChI is InChI=1S/C35H34N2O8S2/c38-46(39)43-21-9-7-19-36-30-23-28(26-11-3-1-4-12-26)15-17-32(30)44-34(36)25-35-37(20-8-10-22-47(40,41)42)31-24-29(16-18-33(31)45-35)27-13-5-2-6-14-27/h1-6,11-18,23-25H,7-10,19-22H2,(H-,38,39,40,41,42). The number of nitrogens with zero attached hydrogens (tertiary/aromatic N) is 2. The number of aryl methyl sites for hydroxylation is 1. The molecule has 0 saturated heterocycles. The van der Waals surface area contributed by atoms with Crippen LogP contribution in [0.2, 0.25) is 0 Å². The molecule has 1 aliphatic rings. The summed E-state index contributed by atoms with van der Waals surface area (Å²) in [6, 6.07) is 32.0. The molecule has 1 aliphatic heterocycles. The summed E-state index contributed by atoms with van der Waals surface area (Å²) in [7, 11) is -4.32. The summed E-state index contributed by atoms with van der Waals surface area (Å²) in [6.45, 7) is 1.10. The highest BCUT2D eigenvalue weighted by Gasteiger charge is 2.30. The van der Waals surface area contributed by atoms with Gasteiger partial charge in [0.15, 0.2) is 12.3 Å². The van der Waals surface area contributed by atoms with E-state index < -0.39 is 27.2 Å². The fourth-order valence-corrected chi connectivity index (χ4v) is 6.47. The lowest BCUT2D eigenvalue weighted by atomic mass is 10.0. The predicted octanol–water partition coefficient (Wildman–Crippen LogP) is 6.51. The first-order valence-electron chi connectivity index (χ1n) is 15.3. The van der Waals surface area contributed by atoms with Crippen molar-refractivity contribution in [3.05, 3.63) is 109 Å². The van der Waals surface area contributed by atoms with Gasteiger partial charge in [-0.25, -0.2) is 8.42 Å². The Morgan fingerprint density at radius 1 is 0.851 bits per heavy atom. The van der Waals surface area contributed by atoms with Crippen LogP contribution in [0.25, 0.3) is 39.4 Å². The molecule has 0 saturated carbocycles. The molecule has 0 radical (unpaired) electrons. The van der Waals surface area contributed by atoms with E-state index in [1.54, 1.807) is 0 Å². The van der Waals surface area contributed by atoms with E-state index in [1.807, 2.05) is 102 Å². The first-order valence-corrected chi connectivity index (χ1v) is 17.9. The molecule has 1 aromatic heterocycles. The Morgan fingerprint density at radius 3 is 2.21 bits per heavy atom. The quantitative estimate of drug-likeness (QED) is 0.0606. The number of fused-ring (bicyclic) bond motifs is 2. The minimum absolute atomic E-state index is 0.139. The summed E-state index contributed by atoms with van der Waals surface area (Å²) in [6.07, 6.45) is 3.70. The Bertz CT molecular complexity index is 2010. The lowest BCUT2D eigenvalue weighted by Crippen LogP contribution is -2.36. The van der Waals surface area contributed by atoms with Gasteiger partial charge >= 0.3 is 17.3 Å². The molecule has 0 aliphatic carbocycles. The smallest absolute Gasteiger partial charge is 0.379 e. The largest absolute Gasteiger partial charge is 0.748 e. The molecule has 4 aromatic carbocycles. The number of rotatable bonds is 14. The second-order valence-electron chi connectivity index (χ2n) is 11.1. The molecule has 6 rings (SSSR count). The lowest BCUT2D eigenvalue weighted by Gasteiger charge is -2.18. The number of aromatic nitrogens is 1. The summed E-state index contributed by atoms with van der Waals surface area (Å²) >= 11 is -2.31. The molecule has 12 heteroatoms. The summed E-state index contributed by atoms with van der Waals surface area (Å²) in [4.78, 5) is 1.98. The Kier molecular flexibility index (Phi) is 10.1. The van der Waals surface area contributed by atoms with E-state index in [4.69, 9.17) is 17.9 Å². The maximum atomic E-state index is 11.3. The summed E-state index contributed by atoms with van der Waals surface area (Å²) in [5.74, 6) is 1.26. The van der Waals surface area contributed by atoms with Gasteiger partial charge in [-0.3, -0.25) is 8.74 Å². The molecule has 10 nitrogen and oxygen atoms in total. The Hall–Kier alpha value is -4.33. The van der Waals surface area contributed by atoms with Crippen LogP contribution in [0.4, 0.5) is 5.69 Å². The SMILES string of the molecule is O=S(O)OCCCC[n+]1c(C=C2Oc3ccc(-c4ccccc4)cc3N2CCCCS(=O)(=O)[O-])oc2ccc(-c3ccccc3)cc21. The van der Waals surface area contributed by atoms with Gasteiger partial charge in [0.05, 0.1) is 22.4 Å². The molecule has 0 spiro atoms. The molecule has 0 bridgehead atoms. The molecular formula is C35H34N2O8S2. The van der Waals surface area contributed by atoms with Crippen molar-refractivity contribution in [1.82, 2.24) is 0 Å². The minimum Gasteiger partial charge on any atom is -0.748 e. The molecule has 244 valence electrons. The van der Waals surface area contributed by atoms with Crippen LogP contribution in [0, 0.1) is 0 Å². The number of hydrogen-bond acceptors (Lipinski definition) is 8. The van der Waals surface area contributed by atoms with Crippen LogP contribution in [-0.2, 0) is 32.2 Å². The molecule has 5 aromatic rings. The van der Waals surface area contributed by atoms with Crippen molar-refractivity contribution in [2.24, 2.45) is 0 Å². The van der Waals surface area contributed by atoms with Crippen LogP contribution in [-0.4, -0.2) is 40.6 Å². The second kappa shape index (κ2) is 14.6. The molecule has 2 heterocycles. The fraction of sp³-hybridized carbons (Fsp3) is 0.229. The van der Waals surface area contributed by atoms with Gasteiger partial charge in [0.25, 0.3) is 5.52 Å². The third-order valence-corrected chi connectivity index (χ3v) is 9.07. The van der Waals surface area contributed by atoms with E-state index in [1.165, 1.54) is 0 Å². The zero-order chi connectivity index (χ0) is 32.8. The Balaban J connectivity index is 1.37. The Morgan fingerprint density at radius 2 is 1.53 bits per heavy atom. The normalized spacial score (nSPS) is 14.4. The summed E-state index contributed by atoms with van der Waals surface area (Å²) in [5.41, 5.74) is 6.51. The number of hydrogen-bond donors (Lipinski definition) is 1. The third-order valence-electron chi connectivity index (χ3n) is 7.91.